The molecule has 7 heteroatoms. The Balaban J connectivity index is 2.32. The molecule has 1 aromatic carbocycles. The monoisotopic (exact) mass is 412 g/mol. The van der Waals surface area contributed by atoms with E-state index in [4.69, 9.17) is 5.11 Å². The van der Waals surface area contributed by atoms with Crippen LogP contribution < -0.4 is 0 Å². The first-order valence-electron chi connectivity index (χ1n) is 6.11. The van der Waals surface area contributed by atoms with Crippen molar-refractivity contribution in [3.8, 4) is 0 Å². The second-order valence-corrected chi connectivity index (χ2v) is 6.38. The molecule has 5 nitrogen and oxygen atoms in total. The maximum absolute atomic E-state index is 10.9. The topological polar surface area (TPSA) is 75.3 Å². The third kappa shape index (κ3) is 2.56. The number of aliphatic carboxylic acids is 1. The van der Waals surface area contributed by atoms with E-state index in [0.29, 0.717) is 4.60 Å². The molecule has 0 bridgehead atoms. The van der Waals surface area contributed by atoms with E-state index >= 15 is 0 Å². The van der Waals surface area contributed by atoms with Gasteiger partial charge in [-0.05, 0) is 40.2 Å². The first kappa shape index (κ1) is 14.5. The number of hydrogen-bond donors (Lipinski definition) is 2. The van der Waals surface area contributed by atoms with E-state index in [0.717, 1.165) is 26.3 Å². The van der Waals surface area contributed by atoms with E-state index in [1.807, 2.05) is 24.3 Å². The number of nitrogens with zero attached hydrogens (tertiary/aromatic N) is 2. The fourth-order valence-electron chi connectivity index (χ4n) is 2.39. The van der Waals surface area contributed by atoms with Crippen molar-refractivity contribution < 1.29 is 15.0 Å². The van der Waals surface area contributed by atoms with Gasteiger partial charge in [-0.25, -0.2) is 9.78 Å². The van der Waals surface area contributed by atoms with Gasteiger partial charge in [-0.2, -0.15) is 0 Å². The molecule has 3 rings (SSSR count). The molecule has 108 valence electrons. The minimum absolute atomic E-state index is 0.0275. The molecule has 0 saturated heterocycles. The van der Waals surface area contributed by atoms with E-state index < -0.39 is 12.1 Å². The van der Waals surface area contributed by atoms with Crippen LogP contribution in [-0.4, -0.2) is 31.8 Å². The fourth-order valence-corrected chi connectivity index (χ4v) is 3.08. The Bertz CT molecular complexity index is 801. The third-order valence-corrected chi connectivity index (χ3v) is 4.25. The van der Waals surface area contributed by atoms with Crippen LogP contribution in [0.4, 0.5) is 0 Å². The zero-order valence-electron chi connectivity index (χ0n) is 10.6. The average Bonchev–Trinajstić information content (AvgIpc) is 2.72. The summed E-state index contributed by atoms with van der Waals surface area (Å²) in [5.74, 6) is -1.24. The number of carboxylic acid groups (broad SMARTS) is 1. The number of rotatable bonds is 3. The second kappa shape index (κ2) is 5.40. The van der Waals surface area contributed by atoms with Crippen LogP contribution in [0.1, 0.15) is 0 Å². The maximum Gasteiger partial charge on any atom is 0.334 e. The molecular formula is C14H10Br2N2O3. The highest BCUT2D eigenvalue weighted by Gasteiger charge is 2.18. The van der Waals surface area contributed by atoms with Crippen LogP contribution in [0.25, 0.3) is 21.8 Å². The highest BCUT2D eigenvalue weighted by Crippen LogP contribution is 2.32. The number of aliphatic hydroxyl groups excluding tert-OH is 1. The summed E-state index contributed by atoms with van der Waals surface area (Å²) in [7, 11) is 0. The molecule has 0 fully saturated rings. The van der Waals surface area contributed by atoms with Crippen molar-refractivity contribution in [2.24, 2.45) is 0 Å². The summed E-state index contributed by atoms with van der Waals surface area (Å²) in [6.07, 6.45) is 0.207. The molecule has 2 aromatic heterocycles. The molecule has 1 atom stereocenters. The van der Waals surface area contributed by atoms with Gasteiger partial charge in [-0.15, -0.1) is 0 Å². The number of carbonyl (C=O) groups is 1. The molecule has 21 heavy (non-hydrogen) atoms. The van der Waals surface area contributed by atoms with Gasteiger partial charge in [0.1, 0.15) is 4.60 Å². The zero-order chi connectivity index (χ0) is 15.1. The Morgan fingerprint density at radius 2 is 1.95 bits per heavy atom. The number of fused-ring (bicyclic) bond motifs is 3. The molecule has 2 heterocycles. The highest BCUT2D eigenvalue weighted by molar-refractivity contribution is 9.10. The Labute approximate surface area is 136 Å². The van der Waals surface area contributed by atoms with Gasteiger partial charge in [0.2, 0.25) is 0 Å². The van der Waals surface area contributed by atoms with E-state index in [1.165, 1.54) is 0 Å². The predicted molar refractivity (Wildman–Crippen MR) is 86.3 cm³/mol. The Morgan fingerprint density at radius 3 is 2.67 bits per heavy atom. The lowest BCUT2D eigenvalue weighted by Crippen LogP contribution is -2.25. The molecule has 1 unspecified atom stereocenters. The first-order chi connectivity index (χ1) is 9.97. The SMILES string of the molecule is O=C(O)C(O)Cn1c2ccc(Br)cc2c2cc(Br)ncc21. The predicted octanol–water partition coefficient (Wildman–Crippen LogP) is 3.16. The summed E-state index contributed by atoms with van der Waals surface area (Å²) in [5, 5.41) is 20.5. The maximum atomic E-state index is 10.9. The summed E-state index contributed by atoms with van der Waals surface area (Å²) in [6, 6.07) is 7.62. The molecule has 0 aliphatic rings. The summed E-state index contributed by atoms with van der Waals surface area (Å²) in [5.41, 5.74) is 1.64. The number of halogens is 2. The largest absolute Gasteiger partial charge is 0.479 e. The van der Waals surface area contributed by atoms with Crippen molar-refractivity contribution in [2.45, 2.75) is 12.6 Å². The van der Waals surface area contributed by atoms with Crippen molar-refractivity contribution in [1.82, 2.24) is 9.55 Å². The standard InChI is InChI=1S/C14H10Br2N2O3/c15-7-1-2-10-8(3-7)9-4-13(16)17-5-11(9)18(10)6-12(19)14(20)21/h1-5,12,19H,6H2,(H,20,21). The number of aliphatic hydroxyl groups is 1. The third-order valence-electron chi connectivity index (χ3n) is 3.32. The van der Waals surface area contributed by atoms with Crippen LogP contribution in [0, 0.1) is 0 Å². The van der Waals surface area contributed by atoms with Crippen LogP contribution in [0.2, 0.25) is 0 Å². The number of benzene rings is 1. The van der Waals surface area contributed by atoms with Crippen LogP contribution >= 0.6 is 31.9 Å². The van der Waals surface area contributed by atoms with E-state index in [2.05, 4.69) is 36.8 Å². The highest BCUT2D eigenvalue weighted by atomic mass is 79.9. The molecule has 0 saturated carbocycles. The van der Waals surface area contributed by atoms with Gasteiger partial charge < -0.3 is 14.8 Å². The number of carboxylic acids is 1. The minimum Gasteiger partial charge on any atom is -0.479 e. The Kier molecular flexibility index (Phi) is 3.73. The molecule has 0 aliphatic heterocycles. The van der Waals surface area contributed by atoms with Crippen LogP contribution in [0.15, 0.2) is 39.5 Å². The molecule has 0 radical (unpaired) electrons. The molecule has 0 amide bonds. The van der Waals surface area contributed by atoms with E-state index in [-0.39, 0.29) is 6.54 Å². The van der Waals surface area contributed by atoms with Crippen LogP contribution in [0.5, 0.6) is 0 Å². The van der Waals surface area contributed by atoms with Crippen molar-refractivity contribution in [3.05, 3.63) is 39.5 Å². The Hall–Kier alpha value is -1.44. The van der Waals surface area contributed by atoms with Crippen molar-refractivity contribution in [3.63, 3.8) is 0 Å². The average molecular weight is 414 g/mol. The van der Waals surface area contributed by atoms with Gasteiger partial charge in [0, 0.05) is 20.8 Å². The summed E-state index contributed by atoms with van der Waals surface area (Å²) in [6.45, 7) is -0.0275. The number of pyridine rings is 1. The zero-order valence-corrected chi connectivity index (χ0v) is 13.8. The normalized spacial score (nSPS) is 12.9. The lowest BCUT2D eigenvalue weighted by molar-refractivity contribution is -0.147. The summed E-state index contributed by atoms with van der Waals surface area (Å²) >= 11 is 6.78. The molecule has 3 aromatic rings. The molecular weight excluding hydrogens is 404 g/mol. The van der Waals surface area contributed by atoms with Gasteiger partial charge >= 0.3 is 5.97 Å². The second-order valence-electron chi connectivity index (χ2n) is 4.65. The quantitative estimate of drug-likeness (QED) is 0.646. The summed E-state index contributed by atoms with van der Waals surface area (Å²) in [4.78, 5) is 15.1. The lowest BCUT2D eigenvalue weighted by Gasteiger charge is -2.10. The van der Waals surface area contributed by atoms with Crippen molar-refractivity contribution in [1.29, 1.82) is 0 Å². The number of aromatic nitrogens is 2. The Morgan fingerprint density at radius 1 is 1.24 bits per heavy atom. The number of hydrogen-bond acceptors (Lipinski definition) is 3. The van der Waals surface area contributed by atoms with Crippen LogP contribution in [0.3, 0.4) is 0 Å². The van der Waals surface area contributed by atoms with E-state index in [9.17, 15) is 9.90 Å². The van der Waals surface area contributed by atoms with Gasteiger partial charge in [0.25, 0.3) is 0 Å². The van der Waals surface area contributed by atoms with Gasteiger partial charge in [-0.3, -0.25) is 0 Å². The summed E-state index contributed by atoms with van der Waals surface area (Å²) < 4.78 is 3.41. The molecule has 0 aliphatic carbocycles. The minimum atomic E-state index is -1.46. The smallest absolute Gasteiger partial charge is 0.334 e. The van der Waals surface area contributed by atoms with Crippen molar-refractivity contribution in [2.75, 3.05) is 0 Å². The van der Waals surface area contributed by atoms with Gasteiger partial charge in [0.05, 0.1) is 18.3 Å². The van der Waals surface area contributed by atoms with Gasteiger partial charge in [0.15, 0.2) is 6.10 Å². The van der Waals surface area contributed by atoms with Crippen molar-refractivity contribution >= 4 is 59.6 Å². The molecule has 2 N–H and O–H groups in total. The molecule has 0 spiro atoms. The van der Waals surface area contributed by atoms with Gasteiger partial charge in [-0.1, -0.05) is 15.9 Å². The van der Waals surface area contributed by atoms with Crippen LogP contribution in [-0.2, 0) is 11.3 Å². The van der Waals surface area contributed by atoms with E-state index in [1.54, 1.807) is 10.8 Å². The fraction of sp³-hybridized carbons (Fsp3) is 0.143. The lowest BCUT2D eigenvalue weighted by atomic mass is 10.2. The first-order valence-corrected chi connectivity index (χ1v) is 7.70.